The van der Waals surface area contributed by atoms with Crippen LogP contribution in [0.5, 0.6) is 5.75 Å². The van der Waals surface area contributed by atoms with E-state index in [-0.39, 0.29) is 11.8 Å². The Kier molecular flexibility index (Phi) is 8.21. The number of piperazine rings is 1. The third kappa shape index (κ3) is 5.89. The molecule has 0 saturated carbocycles. The molecule has 1 saturated heterocycles. The van der Waals surface area contributed by atoms with Crippen LogP contribution in [-0.4, -0.2) is 82.1 Å². The average Bonchev–Trinajstić information content (AvgIpc) is 3.66. The third-order valence-electron chi connectivity index (χ3n) is 8.33. The van der Waals surface area contributed by atoms with Crippen LogP contribution in [0.15, 0.2) is 67.3 Å². The van der Waals surface area contributed by atoms with Gasteiger partial charge in [0, 0.05) is 80.4 Å². The highest BCUT2D eigenvalue weighted by Gasteiger charge is 2.33. The Morgan fingerprint density at radius 1 is 0.857 bits per heavy atom. The van der Waals surface area contributed by atoms with Gasteiger partial charge in [0.25, 0.3) is 11.8 Å². The number of benzene rings is 2. The molecule has 0 unspecified atom stereocenters. The molecule has 2 aromatic carbocycles. The lowest BCUT2D eigenvalue weighted by Crippen LogP contribution is -2.44. The number of likely N-dealkylation sites (N-methyl/N-ethyl adjacent to an activating group) is 1. The van der Waals surface area contributed by atoms with Gasteiger partial charge in [-0.15, -0.1) is 0 Å². The molecule has 9 nitrogen and oxygen atoms in total. The number of carbonyl (C=O) groups is 2. The van der Waals surface area contributed by atoms with Crippen LogP contribution in [0.1, 0.15) is 29.7 Å². The maximum absolute atomic E-state index is 13.2. The highest BCUT2D eigenvalue weighted by Crippen LogP contribution is 2.36. The molecule has 0 radical (unpaired) electrons. The Balaban J connectivity index is 1.19. The Bertz CT molecular complexity index is 1610. The fourth-order valence-electron chi connectivity index (χ4n) is 5.92. The van der Waals surface area contributed by atoms with Gasteiger partial charge in [-0.3, -0.25) is 14.9 Å². The summed E-state index contributed by atoms with van der Waals surface area (Å²) < 4.78 is 10.3. The zero-order valence-electron chi connectivity index (χ0n) is 24.4. The molecule has 0 bridgehead atoms. The minimum atomic E-state index is -0.372. The predicted octanol–water partition coefficient (Wildman–Crippen LogP) is 3.82. The molecule has 9 heteroatoms. The summed E-state index contributed by atoms with van der Waals surface area (Å²) in [7, 11) is 2.17. The summed E-state index contributed by atoms with van der Waals surface area (Å²) in [4.78, 5) is 35.3. The smallest absolute Gasteiger partial charge is 0.259 e. The summed E-state index contributed by atoms with van der Waals surface area (Å²) in [6, 6.07) is 15.6. The standard InChI is InChI=1S/C33H38N6O3/c1-24-21-34-23-39(24)15-5-14-38-22-28(27-7-3-4-8-29(27)38)31-30(32(40)35-33(31)41)25-9-11-26(12-10-25)42-20-6-13-37-18-16-36(2)17-19-37/h3-4,7-12,21-23H,5-6,13-20H2,1-2H3,(H,35,40,41). The van der Waals surface area contributed by atoms with E-state index in [9.17, 15) is 9.59 Å². The number of nitrogens with one attached hydrogen (secondary N) is 1. The first-order chi connectivity index (χ1) is 20.5. The van der Waals surface area contributed by atoms with Crippen LogP contribution in [0.4, 0.5) is 0 Å². The van der Waals surface area contributed by atoms with Crippen molar-refractivity contribution in [2.24, 2.45) is 0 Å². The number of ether oxygens (including phenoxy) is 1. The molecular formula is C33H38N6O3. The second-order valence-corrected chi connectivity index (χ2v) is 11.2. The number of aromatic nitrogens is 3. The van der Waals surface area contributed by atoms with Gasteiger partial charge in [-0.05, 0) is 50.6 Å². The number of imide groups is 1. The molecular weight excluding hydrogens is 528 g/mol. The zero-order chi connectivity index (χ0) is 29.1. The van der Waals surface area contributed by atoms with Gasteiger partial charge in [0.05, 0.1) is 24.1 Å². The summed E-state index contributed by atoms with van der Waals surface area (Å²) in [6.07, 6.45) is 7.59. The fourth-order valence-corrected chi connectivity index (χ4v) is 5.92. The molecule has 2 aromatic heterocycles. The molecule has 4 heterocycles. The number of aryl methyl sites for hydroxylation is 3. The molecule has 42 heavy (non-hydrogen) atoms. The maximum atomic E-state index is 13.2. The van der Waals surface area contributed by atoms with Gasteiger partial charge >= 0.3 is 0 Å². The molecule has 218 valence electrons. The van der Waals surface area contributed by atoms with Crippen molar-refractivity contribution < 1.29 is 14.3 Å². The van der Waals surface area contributed by atoms with Crippen molar-refractivity contribution in [2.45, 2.75) is 32.9 Å². The van der Waals surface area contributed by atoms with Gasteiger partial charge in [0.2, 0.25) is 0 Å². The van der Waals surface area contributed by atoms with E-state index in [0.717, 1.165) is 86.6 Å². The van der Waals surface area contributed by atoms with Crippen LogP contribution in [-0.2, 0) is 22.7 Å². The van der Waals surface area contributed by atoms with E-state index in [2.05, 4.69) is 42.3 Å². The molecule has 0 spiro atoms. The van der Waals surface area contributed by atoms with Crippen LogP contribution in [0.3, 0.4) is 0 Å². The normalized spacial score (nSPS) is 16.5. The zero-order valence-corrected chi connectivity index (χ0v) is 24.4. The van der Waals surface area contributed by atoms with Crippen LogP contribution >= 0.6 is 0 Å². The minimum absolute atomic E-state index is 0.365. The van der Waals surface area contributed by atoms with E-state index >= 15 is 0 Å². The SMILES string of the molecule is Cc1cncn1CCCn1cc(C2=C(c3ccc(OCCCN4CCN(C)CC4)cc3)C(=O)NC2=O)c2ccccc21. The number of carbonyl (C=O) groups excluding carboxylic acids is 2. The lowest BCUT2D eigenvalue weighted by molar-refractivity contribution is -0.122. The third-order valence-corrected chi connectivity index (χ3v) is 8.33. The Morgan fingerprint density at radius 2 is 1.60 bits per heavy atom. The van der Waals surface area contributed by atoms with Crippen molar-refractivity contribution in [2.75, 3.05) is 46.4 Å². The molecule has 2 aliphatic heterocycles. The monoisotopic (exact) mass is 566 g/mol. The minimum Gasteiger partial charge on any atom is -0.494 e. The van der Waals surface area contributed by atoms with Crippen molar-refractivity contribution >= 4 is 33.9 Å². The number of rotatable bonds is 11. The molecule has 2 aliphatic rings. The molecule has 0 aliphatic carbocycles. The summed E-state index contributed by atoms with van der Waals surface area (Å²) in [5, 5.41) is 3.49. The molecule has 4 aromatic rings. The average molecular weight is 567 g/mol. The highest BCUT2D eigenvalue weighted by atomic mass is 16.5. The Morgan fingerprint density at radius 3 is 2.36 bits per heavy atom. The molecule has 1 fully saturated rings. The predicted molar refractivity (Wildman–Crippen MR) is 164 cm³/mol. The van der Waals surface area contributed by atoms with E-state index in [4.69, 9.17) is 4.74 Å². The summed E-state index contributed by atoms with van der Waals surface area (Å²) in [5.41, 5.74) is 4.46. The quantitative estimate of drug-likeness (QED) is 0.220. The van der Waals surface area contributed by atoms with E-state index in [0.29, 0.717) is 23.3 Å². The van der Waals surface area contributed by atoms with Gasteiger partial charge in [-0.1, -0.05) is 30.3 Å². The van der Waals surface area contributed by atoms with Crippen LogP contribution in [0.2, 0.25) is 0 Å². The Hall–Kier alpha value is -4.21. The first-order valence-corrected chi connectivity index (χ1v) is 14.8. The molecule has 6 rings (SSSR count). The van der Waals surface area contributed by atoms with Crippen LogP contribution in [0.25, 0.3) is 22.0 Å². The largest absolute Gasteiger partial charge is 0.494 e. The van der Waals surface area contributed by atoms with E-state index in [1.807, 2.05) is 68.1 Å². The first kappa shape index (κ1) is 27.9. The second kappa shape index (κ2) is 12.3. The fraction of sp³-hybridized carbons (Fsp3) is 0.364. The van der Waals surface area contributed by atoms with Crippen molar-refractivity contribution in [1.29, 1.82) is 0 Å². The van der Waals surface area contributed by atoms with Gasteiger partial charge in [0.15, 0.2) is 0 Å². The number of amides is 2. The number of nitrogens with zero attached hydrogens (tertiary/aromatic N) is 5. The highest BCUT2D eigenvalue weighted by molar-refractivity contribution is 6.50. The van der Waals surface area contributed by atoms with E-state index < -0.39 is 0 Å². The summed E-state index contributed by atoms with van der Waals surface area (Å²) in [5.74, 6) is 0.0215. The second-order valence-electron chi connectivity index (χ2n) is 11.2. The van der Waals surface area contributed by atoms with Crippen LogP contribution < -0.4 is 10.1 Å². The lowest BCUT2D eigenvalue weighted by Gasteiger charge is -2.32. The van der Waals surface area contributed by atoms with Crippen molar-refractivity contribution in [3.63, 3.8) is 0 Å². The first-order valence-electron chi connectivity index (χ1n) is 14.8. The van der Waals surface area contributed by atoms with Crippen molar-refractivity contribution in [3.05, 3.63) is 84.1 Å². The topological polar surface area (TPSA) is 84.6 Å². The molecule has 0 atom stereocenters. The molecule has 1 N–H and O–H groups in total. The van der Waals surface area contributed by atoms with Gasteiger partial charge in [-0.2, -0.15) is 0 Å². The lowest BCUT2D eigenvalue weighted by atomic mass is 9.96. The van der Waals surface area contributed by atoms with Gasteiger partial charge in [0.1, 0.15) is 5.75 Å². The summed E-state index contributed by atoms with van der Waals surface area (Å²) in [6.45, 7) is 9.78. The summed E-state index contributed by atoms with van der Waals surface area (Å²) >= 11 is 0. The van der Waals surface area contributed by atoms with Gasteiger partial charge < -0.3 is 23.7 Å². The molecule has 2 amide bonds. The van der Waals surface area contributed by atoms with Gasteiger partial charge in [-0.25, -0.2) is 4.98 Å². The Labute approximate surface area is 246 Å². The van der Waals surface area contributed by atoms with E-state index in [1.165, 1.54) is 0 Å². The van der Waals surface area contributed by atoms with Crippen molar-refractivity contribution in [1.82, 2.24) is 29.2 Å². The number of hydrogen-bond acceptors (Lipinski definition) is 6. The maximum Gasteiger partial charge on any atom is 0.259 e. The van der Waals surface area contributed by atoms with Crippen LogP contribution in [0, 0.1) is 6.92 Å². The number of imidazole rings is 1. The number of hydrogen-bond donors (Lipinski definition) is 1. The number of para-hydroxylation sites is 1. The van der Waals surface area contributed by atoms with E-state index in [1.54, 1.807) is 0 Å². The van der Waals surface area contributed by atoms with Crippen molar-refractivity contribution in [3.8, 4) is 5.75 Å². The number of fused-ring (bicyclic) bond motifs is 1.